The SMILES string of the molecule is CN(Cc1nc(-c2cccnc2)no1)C[C@@H]1CCOC1. The number of hydrogen-bond donors (Lipinski definition) is 0. The normalized spacial score (nSPS) is 18.8. The van der Waals surface area contributed by atoms with Crippen molar-refractivity contribution in [3.63, 3.8) is 0 Å². The summed E-state index contributed by atoms with van der Waals surface area (Å²) in [6, 6.07) is 3.78. The summed E-state index contributed by atoms with van der Waals surface area (Å²) >= 11 is 0. The van der Waals surface area contributed by atoms with Gasteiger partial charge in [0.2, 0.25) is 11.7 Å². The average Bonchev–Trinajstić information content (AvgIpc) is 3.11. The Morgan fingerprint density at radius 2 is 2.40 bits per heavy atom. The van der Waals surface area contributed by atoms with Crippen LogP contribution in [0.4, 0.5) is 0 Å². The molecule has 106 valence electrons. The van der Waals surface area contributed by atoms with Crippen molar-refractivity contribution in [1.29, 1.82) is 0 Å². The molecule has 0 bridgehead atoms. The summed E-state index contributed by atoms with van der Waals surface area (Å²) in [7, 11) is 2.06. The minimum atomic E-state index is 0.589. The molecule has 6 nitrogen and oxygen atoms in total. The van der Waals surface area contributed by atoms with Crippen LogP contribution in [0.3, 0.4) is 0 Å². The molecule has 1 saturated heterocycles. The molecule has 1 aliphatic rings. The van der Waals surface area contributed by atoms with Crippen molar-refractivity contribution in [2.75, 3.05) is 26.8 Å². The van der Waals surface area contributed by atoms with Crippen LogP contribution in [-0.2, 0) is 11.3 Å². The lowest BCUT2D eigenvalue weighted by Gasteiger charge is -2.17. The highest BCUT2D eigenvalue weighted by Crippen LogP contribution is 2.16. The van der Waals surface area contributed by atoms with Crippen molar-refractivity contribution in [2.45, 2.75) is 13.0 Å². The molecule has 6 heteroatoms. The first-order chi connectivity index (χ1) is 9.81. The van der Waals surface area contributed by atoms with Crippen LogP contribution in [-0.4, -0.2) is 46.8 Å². The first kappa shape index (κ1) is 13.2. The second-order valence-electron chi connectivity index (χ2n) is 5.18. The highest BCUT2D eigenvalue weighted by molar-refractivity contribution is 5.51. The molecule has 0 aromatic carbocycles. The number of rotatable bonds is 5. The Hall–Kier alpha value is -1.79. The number of nitrogens with zero attached hydrogens (tertiary/aromatic N) is 4. The molecule has 0 saturated carbocycles. The van der Waals surface area contributed by atoms with Crippen molar-refractivity contribution in [3.8, 4) is 11.4 Å². The fraction of sp³-hybridized carbons (Fsp3) is 0.500. The number of ether oxygens (including phenoxy) is 1. The van der Waals surface area contributed by atoms with Crippen LogP contribution in [0.15, 0.2) is 29.0 Å². The quantitative estimate of drug-likeness (QED) is 0.825. The summed E-state index contributed by atoms with van der Waals surface area (Å²) < 4.78 is 10.7. The van der Waals surface area contributed by atoms with Gasteiger partial charge in [0.25, 0.3) is 0 Å². The van der Waals surface area contributed by atoms with E-state index in [1.807, 2.05) is 12.1 Å². The molecular weight excluding hydrogens is 256 g/mol. The summed E-state index contributed by atoms with van der Waals surface area (Å²) in [6.07, 6.45) is 4.59. The smallest absolute Gasteiger partial charge is 0.241 e. The van der Waals surface area contributed by atoms with Crippen molar-refractivity contribution < 1.29 is 9.26 Å². The largest absolute Gasteiger partial charge is 0.381 e. The van der Waals surface area contributed by atoms with Crippen LogP contribution in [0.2, 0.25) is 0 Å². The molecule has 1 fully saturated rings. The van der Waals surface area contributed by atoms with E-state index in [9.17, 15) is 0 Å². The highest BCUT2D eigenvalue weighted by Gasteiger charge is 2.19. The van der Waals surface area contributed by atoms with Crippen LogP contribution >= 0.6 is 0 Å². The van der Waals surface area contributed by atoms with Crippen LogP contribution in [0.1, 0.15) is 12.3 Å². The maximum atomic E-state index is 5.39. The van der Waals surface area contributed by atoms with Crippen LogP contribution in [0, 0.1) is 5.92 Å². The van der Waals surface area contributed by atoms with E-state index in [1.54, 1.807) is 12.4 Å². The number of pyridine rings is 1. The minimum Gasteiger partial charge on any atom is -0.381 e. The predicted molar refractivity (Wildman–Crippen MR) is 72.8 cm³/mol. The maximum absolute atomic E-state index is 5.39. The lowest BCUT2D eigenvalue weighted by molar-refractivity contribution is 0.169. The highest BCUT2D eigenvalue weighted by atomic mass is 16.5. The van der Waals surface area contributed by atoms with Crippen molar-refractivity contribution in [2.24, 2.45) is 5.92 Å². The Balaban J connectivity index is 1.59. The van der Waals surface area contributed by atoms with Gasteiger partial charge in [0.05, 0.1) is 13.2 Å². The van der Waals surface area contributed by atoms with Gasteiger partial charge in [-0.2, -0.15) is 4.98 Å². The van der Waals surface area contributed by atoms with Gasteiger partial charge in [-0.3, -0.25) is 9.88 Å². The van der Waals surface area contributed by atoms with Crippen molar-refractivity contribution >= 4 is 0 Å². The van der Waals surface area contributed by atoms with E-state index in [0.29, 0.717) is 24.2 Å². The summed E-state index contributed by atoms with van der Waals surface area (Å²) in [5.74, 6) is 1.83. The van der Waals surface area contributed by atoms with Crippen molar-refractivity contribution in [3.05, 3.63) is 30.4 Å². The lowest BCUT2D eigenvalue weighted by Crippen LogP contribution is -2.25. The topological polar surface area (TPSA) is 64.3 Å². The van der Waals surface area contributed by atoms with Gasteiger partial charge in [-0.15, -0.1) is 0 Å². The average molecular weight is 274 g/mol. The predicted octanol–water partition coefficient (Wildman–Crippen LogP) is 1.60. The van der Waals surface area contributed by atoms with E-state index < -0.39 is 0 Å². The minimum absolute atomic E-state index is 0.589. The zero-order chi connectivity index (χ0) is 13.8. The summed E-state index contributed by atoms with van der Waals surface area (Å²) in [5.41, 5.74) is 0.870. The Morgan fingerprint density at radius 1 is 1.45 bits per heavy atom. The molecule has 2 aromatic rings. The van der Waals surface area contributed by atoms with E-state index in [4.69, 9.17) is 9.26 Å². The monoisotopic (exact) mass is 274 g/mol. The molecule has 20 heavy (non-hydrogen) atoms. The molecule has 0 aliphatic carbocycles. The van der Waals surface area contributed by atoms with Gasteiger partial charge < -0.3 is 9.26 Å². The zero-order valence-corrected chi connectivity index (χ0v) is 11.5. The van der Waals surface area contributed by atoms with Crippen molar-refractivity contribution in [1.82, 2.24) is 20.0 Å². The Morgan fingerprint density at radius 3 is 3.15 bits per heavy atom. The van der Waals surface area contributed by atoms with E-state index >= 15 is 0 Å². The standard InChI is InChI=1S/C14H18N4O2/c1-18(8-11-4-6-19-10-11)9-13-16-14(17-20-13)12-3-2-5-15-7-12/h2-3,5,7,11H,4,6,8-10H2,1H3/t11-/m0/s1. The first-order valence-corrected chi connectivity index (χ1v) is 6.80. The maximum Gasteiger partial charge on any atom is 0.241 e. The van der Waals surface area contributed by atoms with Crippen LogP contribution in [0.5, 0.6) is 0 Å². The molecule has 0 amide bonds. The third kappa shape index (κ3) is 3.20. The van der Waals surface area contributed by atoms with Gasteiger partial charge in [-0.05, 0) is 31.5 Å². The molecule has 0 spiro atoms. The molecular formula is C14H18N4O2. The molecule has 0 N–H and O–H groups in total. The van der Waals surface area contributed by atoms with Crippen LogP contribution in [0.25, 0.3) is 11.4 Å². The second-order valence-corrected chi connectivity index (χ2v) is 5.18. The lowest BCUT2D eigenvalue weighted by atomic mass is 10.1. The van der Waals surface area contributed by atoms with E-state index in [2.05, 4.69) is 27.1 Å². The van der Waals surface area contributed by atoms with E-state index in [1.165, 1.54) is 0 Å². The van der Waals surface area contributed by atoms with Gasteiger partial charge in [0.15, 0.2) is 0 Å². The first-order valence-electron chi connectivity index (χ1n) is 6.80. The van der Waals surface area contributed by atoms with Crippen LogP contribution < -0.4 is 0 Å². The van der Waals surface area contributed by atoms with Gasteiger partial charge >= 0.3 is 0 Å². The van der Waals surface area contributed by atoms with Gasteiger partial charge in [-0.1, -0.05) is 5.16 Å². The zero-order valence-electron chi connectivity index (χ0n) is 11.5. The molecule has 0 radical (unpaired) electrons. The van der Waals surface area contributed by atoms with Gasteiger partial charge in [0, 0.05) is 31.1 Å². The third-order valence-corrected chi connectivity index (χ3v) is 3.39. The summed E-state index contributed by atoms with van der Waals surface area (Å²) in [4.78, 5) is 10.7. The molecule has 0 unspecified atom stereocenters. The Labute approximate surface area is 117 Å². The van der Waals surface area contributed by atoms with Gasteiger partial charge in [-0.25, -0.2) is 0 Å². The third-order valence-electron chi connectivity index (χ3n) is 3.39. The van der Waals surface area contributed by atoms with Gasteiger partial charge in [0.1, 0.15) is 0 Å². The second kappa shape index (κ2) is 6.11. The molecule has 3 rings (SSSR count). The molecule has 1 atom stereocenters. The fourth-order valence-corrected chi connectivity index (χ4v) is 2.39. The fourth-order valence-electron chi connectivity index (χ4n) is 2.39. The summed E-state index contributed by atoms with van der Waals surface area (Å²) in [6.45, 7) is 3.38. The Bertz CT molecular complexity index is 537. The van der Waals surface area contributed by atoms with E-state index in [0.717, 1.165) is 31.7 Å². The number of aromatic nitrogens is 3. The number of hydrogen-bond acceptors (Lipinski definition) is 6. The molecule has 2 aromatic heterocycles. The summed E-state index contributed by atoms with van der Waals surface area (Å²) in [5, 5.41) is 3.99. The van der Waals surface area contributed by atoms with E-state index in [-0.39, 0.29) is 0 Å². The Kier molecular flexibility index (Phi) is 4.03. The molecule has 1 aliphatic heterocycles. The molecule has 3 heterocycles.